The Morgan fingerprint density at radius 2 is 2.10 bits per heavy atom. The summed E-state index contributed by atoms with van der Waals surface area (Å²) in [5, 5.41) is 3.29. The van der Waals surface area contributed by atoms with Gasteiger partial charge in [0.25, 0.3) is 0 Å². The van der Waals surface area contributed by atoms with Gasteiger partial charge in [0.1, 0.15) is 5.82 Å². The first-order chi connectivity index (χ1) is 15.0. The molecular formula is C23H28ClN3O4. The summed E-state index contributed by atoms with van der Waals surface area (Å²) in [5.41, 5.74) is 1.67. The van der Waals surface area contributed by atoms with Crippen molar-refractivity contribution >= 4 is 29.4 Å². The number of rotatable bonds is 8. The zero-order chi connectivity index (χ0) is 22.2. The molecule has 0 spiro atoms. The van der Waals surface area contributed by atoms with Gasteiger partial charge in [0.15, 0.2) is 11.5 Å². The normalized spacial score (nSPS) is 14.2. The van der Waals surface area contributed by atoms with E-state index in [0.717, 1.165) is 43.2 Å². The Labute approximate surface area is 188 Å². The van der Waals surface area contributed by atoms with Gasteiger partial charge in [-0.3, -0.25) is 4.79 Å². The van der Waals surface area contributed by atoms with Gasteiger partial charge >= 0.3 is 0 Å². The van der Waals surface area contributed by atoms with E-state index in [0.29, 0.717) is 23.1 Å². The van der Waals surface area contributed by atoms with Crippen LogP contribution in [-0.2, 0) is 16.1 Å². The molecule has 7 nitrogen and oxygen atoms in total. The third kappa shape index (κ3) is 6.60. The smallest absolute Gasteiger partial charge is 0.244 e. The highest BCUT2D eigenvalue weighted by Crippen LogP contribution is 2.37. The van der Waals surface area contributed by atoms with Crippen LogP contribution in [0.4, 0.5) is 5.82 Å². The van der Waals surface area contributed by atoms with Crippen molar-refractivity contribution in [2.45, 2.75) is 26.5 Å². The Kier molecular flexibility index (Phi) is 8.14. The number of nitrogens with zero attached hydrogens (tertiary/aromatic N) is 2. The van der Waals surface area contributed by atoms with Gasteiger partial charge in [0, 0.05) is 31.9 Å². The van der Waals surface area contributed by atoms with E-state index >= 15 is 0 Å². The van der Waals surface area contributed by atoms with Crippen molar-refractivity contribution in [3.63, 3.8) is 0 Å². The lowest BCUT2D eigenvalue weighted by Crippen LogP contribution is -2.36. The molecule has 8 heteroatoms. The van der Waals surface area contributed by atoms with Crippen LogP contribution in [0.2, 0.25) is 5.02 Å². The minimum absolute atomic E-state index is 0.0315. The quantitative estimate of drug-likeness (QED) is 0.624. The molecule has 0 unspecified atom stereocenters. The highest BCUT2D eigenvalue weighted by atomic mass is 35.5. The van der Waals surface area contributed by atoms with E-state index in [-0.39, 0.29) is 12.0 Å². The van der Waals surface area contributed by atoms with Crippen LogP contribution in [-0.4, -0.2) is 50.4 Å². The number of morpholine rings is 1. The molecule has 0 saturated carbocycles. The summed E-state index contributed by atoms with van der Waals surface area (Å²) >= 11 is 6.33. The molecule has 1 aliphatic heterocycles. The lowest BCUT2D eigenvalue weighted by molar-refractivity contribution is -0.116. The molecule has 1 saturated heterocycles. The number of carbonyl (C=O) groups is 1. The van der Waals surface area contributed by atoms with Gasteiger partial charge in [-0.2, -0.15) is 0 Å². The van der Waals surface area contributed by atoms with Crippen LogP contribution in [0.1, 0.15) is 25.0 Å². The highest BCUT2D eigenvalue weighted by molar-refractivity contribution is 6.32. The van der Waals surface area contributed by atoms with E-state index in [4.69, 9.17) is 25.8 Å². The second-order valence-corrected chi connectivity index (χ2v) is 7.78. The van der Waals surface area contributed by atoms with Crippen molar-refractivity contribution in [1.29, 1.82) is 0 Å². The topological polar surface area (TPSA) is 72.9 Å². The molecular weight excluding hydrogens is 418 g/mol. The summed E-state index contributed by atoms with van der Waals surface area (Å²) in [4.78, 5) is 18.9. The van der Waals surface area contributed by atoms with E-state index < -0.39 is 0 Å². The molecule has 1 aromatic heterocycles. The number of aromatic nitrogens is 1. The molecule has 1 aliphatic rings. The van der Waals surface area contributed by atoms with Crippen molar-refractivity contribution in [3.05, 3.63) is 52.7 Å². The summed E-state index contributed by atoms with van der Waals surface area (Å²) in [5.74, 6) is 1.73. The molecule has 1 aromatic carbocycles. The van der Waals surface area contributed by atoms with E-state index in [1.165, 1.54) is 6.08 Å². The lowest BCUT2D eigenvalue weighted by atomic mass is 10.1. The van der Waals surface area contributed by atoms with Gasteiger partial charge in [0.2, 0.25) is 5.91 Å². The molecule has 1 fully saturated rings. The minimum atomic E-state index is -0.213. The minimum Gasteiger partial charge on any atom is -0.493 e. The highest BCUT2D eigenvalue weighted by Gasteiger charge is 2.13. The third-order valence-electron chi connectivity index (χ3n) is 4.64. The Hall–Kier alpha value is -2.77. The van der Waals surface area contributed by atoms with Crippen LogP contribution >= 0.6 is 11.6 Å². The van der Waals surface area contributed by atoms with Gasteiger partial charge in [-0.25, -0.2) is 4.98 Å². The number of anilines is 1. The summed E-state index contributed by atoms with van der Waals surface area (Å²) < 4.78 is 16.4. The summed E-state index contributed by atoms with van der Waals surface area (Å²) in [6, 6.07) is 7.46. The van der Waals surface area contributed by atoms with E-state index in [1.807, 2.05) is 26.0 Å². The molecule has 31 heavy (non-hydrogen) atoms. The number of hydrogen-bond acceptors (Lipinski definition) is 6. The third-order valence-corrected chi connectivity index (χ3v) is 4.92. The number of carbonyl (C=O) groups excluding carboxylic acids is 1. The van der Waals surface area contributed by atoms with Gasteiger partial charge in [-0.1, -0.05) is 17.7 Å². The first kappa shape index (κ1) is 22.9. The van der Waals surface area contributed by atoms with Gasteiger partial charge in [-0.15, -0.1) is 0 Å². The Bertz CT molecular complexity index is 910. The Morgan fingerprint density at radius 3 is 2.74 bits per heavy atom. The predicted molar refractivity (Wildman–Crippen MR) is 122 cm³/mol. The van der Waals surface area contributed by atoms with Crippen molar-refractivity contribution < 1.29 is 19.0 Å². The molecule has 1 amide bonds. The van der Waals surface area contributed by atoms with Crippen LogP contribution in [0.3, 0.4) is 0 Å². The molecule has 3 rings (SSSR count). The lowest BCUT2D eigenvalue weighted by Gasteiger charge is -2.27. The average molecular weight is 446 g/mol. The van der Waals surface area contributed by atoms with E-state index in [1.54, 1.807) is 31.5 Å². The maximum atomic E-state index is 12.2. The number of ether oxygens (including phenoxy) is 3. The summed E-state index contributed by atoms with van der Waals surface area (Å²) in [7, 11) is 1.55. The number of pyridine rings is 1. The number of nitrogens with one attached hydrogen (secondary N) is 1. The maximum Gasteiger partial charge on any atom is 0.244 e. The molecule has 0 bridgehead atoms. The predicted octanol–water partition coefficient (Wildman–Crippen LogP) is 3.70. The van der Waals surface area contributed by atoms with Crippen LogP contribution in [0, 0.1) is 0 Å². The van der Waals surface area contributed by atoms with Crippen LogP contribution in [0.15, 0.2) is 36.5 Å². The number of hydrogen-bond donors (Lipinski definition) is 1. The van der Waals surface area contributed by atoms with E-state index in [9.17, 15) is 4.79 Å². The number of amides is 1. The molecule has 166 valence electrons. The Balaban J connectivity index is 1.56. The van der Waals surface area contributed by atoms with E-state index in [2.05, 4.69) is 15.2 Å². The molecule has 0 radical (unpaired) electrons. The zero-order valence-electron chi connectivity index (χ0n) is 18.1. The summed E-state index contributed by atoms with van der Waals surface area (Å²) in [6.07, 6.45) is 4.90. The van der Waals surface area contributed by atoms with Crippen molar-refractivity contribution in [3.8, 4) is 11.5 Å². The first-order valence-corrected chi connectivity index (χ1v) is 10.6. The number of benzene rings is 1. The molecule has 2 aromatic rings. The summed E-state index contributed by atoms with van der Waals surface area (Å²) in [6.45, 7) is 7.34. The number of methoxy groups -OCH3 is 1. The standard InChI is InChI=1S/C23H28ClN3O4/c1-16(2)31-23-19(24)12-17(13-20(23)29-3)5-7-22(28)26-15-18-4-6-21(25-14-18)27-8-10-30-11-9-27/h4-7,12-14,16H,8-11,15H2,1-3H3,(H,26,28)/b7-5+. The van der Waals surface area contributed by atoms with Crippen LogP contribution < -0.4 is 19.7 Å². The van der Waals surface area contributed by atoms with Crippen LogP contribution in [0.25, 0.3) is 6.08 Å². The van der Waals surface area contributed by atoms with Crippen molar-refractivity contribution in [2.75, 3.05) is 38.3 Å². The van der Waals surface area contributed by atoms with Gasteiger partial charge in [-0.05, 0) is 49.2 Å². The second-order valence-electron chi connectivity index (χ2n) is 7.38. The fourth-order valence-electron chi connectivity index (χ4n) is 3.11. The SMILES string of the molecule is COc1cc(/C=C/C(=O)NCc2ccc(N3CCOCC3)nc2)cc(Cl)c1OC(C)C. The largest absolute Gasteiger partial charge is 0.493 e. The maximum absolute atomic E-state index is 12.2. The first-order valence-electron chi connectivity index (χ1n) is 10.2. The van der Waals surface area contributed by atoms with Crippen LogP contribution in [0.5, 0.6) is 11.5 Å². The number of halogens is 1. The Morgan fingerprint density at radius 1 is 1.32 bits per heavy atom. The fourth-order valence-corrected chi connectivity index (χ4v) is 3.37. The molecule has 0 atom stereocenters. The van der Waals surface area contributed by atoms with Crippen molar-refractivity contribution in [1.82, 2.24) is 10.3 Å². The average Bonchev–Trinajstić information content (AvgIpc) is 2.78. The van der Waals surface area contributed by atoms with Gasteiger partial charge in [0.05, 0.1) is 31.5 Å². The second kappa shape index (κ2) is 11.0. The molecule has 1 N–H and O–H groups in total. The zero-order valence-corrected chi connectivity index (χ0v) is 18.8. The monoisotopic (exact) mass is 445 g/mol. The van der Waals surface area contributed by atoms with Gasteiger partial charge < -0.3 is 24.4 Å². The molecule has 0 aliphatic carbocycles. The van der Waals surface area contributed by atoms with Crippen molar-refractivity contribution in [2.24, 2.45) is 0 Å². The molecule has 2 heterocycles. The fraction of sp³-hybridized carbons (Fsp3) is 0.391.